The van der Waals surface area contributed by atoms with Crippen LogP contribution >= 0.6 is 34.4 Å². The Hall–Kier alpha value is -2.89. The van der Waals surface area contributed by atoms with Gasteiger partial charge in [-0.25, -0.2) is 9.37 Å². The monoisotopic (exact) mass is 445 g/mol. The van der Waals surface area contributed by atoms with Gasteiger partial charge in [-0.15, -0.1) is 21.5 Å². The molecule has 0 bridgehead atoms. The second kappa shape index (κ2) is 8.64. The lowest BCUT2D eigenvalue weighted by molar-refractivity contribution is -0.113. The summed E-state index contributed by atoms with van der Waals surface area (Å²) in [5.74, 6) is -1.19. The van der Waals surface area contributed by atoms with Gasteiger partial charge in [-0.2, -0.15) is 0 Å². The maximum atomic E-state index is 13.6. The number of hydrogen-bond acceptors (Lipinski definition) is 8. The van der Waals surface area contributed by atoms with Crippen LogP contribution in [-0.4, -0.2) is 32.7 Å². The zero-order valence-electron chi connectivity index (χ0n) is 14.6. The zero-order valence-corrected chi connectivity index (χ0v) is 17.0. The van der Waals surface area contributed by atoms with E-state index >= 15 is 0 Å². The van der Waals surface area contributed by atoms with Crippen molar-refractivity contribution in [3.63, 3.8) is 0 Å². The molecule has 0 radical (unpaired) electrons. The Kier molecular flexibility index (Phi) is 5.79. The molecule has 0 aliphatic heterocycles. The first-order valence-corrected chi connectivity index (χ1v) is 10.9. The van der Waals surface area contributed by atoms with Crippen molar-refractivity contribution in [1.82, 2.24) is 15.2 Å². The smallest absolute Gasteiger partial charge is 0.286 e. The molecular formula is C18H12FN5O2S3. The fourth-order valence-electron chi connectivity index (χ4n) is 2.31. The van der Waals surface area contributed by atoms with Gasteiger partial charge in [0.15, 0.2) is 9.35 Å². The van der Waals surface area contributed by atoms with E-state index in [0.717, 1.165) is 33.3 Å². The van der Waals surface area contributed by atoms with E-state index in [1.807, 2.05) is 24.3 Å². The summed E-state index contributed by atoms with van der Waals surface area (Å²) >= 11 is 3.59. The fraction of sp³-hybridized carbons (Fsp3) is 0.0556. The number of rotatable bonds is 6. The molecule has 2 aromatic heterocycles. The standard InChI is InChI=1S/C18H12FN5O2S3/c19-10-5-1-2-6-11(10)20-14(25)9-27-18-24-23-17(29-18)22-15(26)16-21-12-7-3-4-8-13(12)28-16/h1-8H,9H2,(H,20,25)(H,22,23,26). The molecule has 0 atom stereocenters. The first-order chi connectivity index (χ1) is 14.1. The average molecular weight is 446 g/mol. The van der Waals surface area contributed by atoms with Crippen LogP contribution in [0.1, 0.15) is 9.80 Å². The van der Waals surface area contributed by atoms with Gasteiger partial charge in [0.25, 0.3) is 5.91 Å². The SMILES string of the molecule is O=C(CSc1nnc(NC(=O)c2nc3ccccc3s2)s1)Nc1ccccc1F. The van der Waals surface area contributed by atoms with Gasteiger partial charge in [0.1, 0.15) is 5.82 Å². The van der Waals surface area contributed by atoms with E-state index in [2.05, 4.69) is 25.8 Å². The number of halogens is 1. The predicted molar refractivity (Wildman–Crippen MR) is 113 cm³/mol. The minimum absolute atomic E-state index is 0.0365. The molecule has 0 spiro atoms. The summed E-state index contributed by atoms with van der Waals surface area (Å²) in [4.78, 5) is 28.6. The first kappa shape index (κ1) is 19.4. The van der Waals surface area contributed by atoms with E-state index in [4.69, 9.17) is 0 Å². The number of aromatic nitrogens is 3. The Balaban J connectivity index is 1.33. The quantitative estimate of drug-likeness (QED) is 0.340. The van der Waals surface area contributed by atoms with Crippen molar-refractivity contribution in [2.24, 2.45) is 0 Å². The summed E-state index contributed by atoms with van der Waals surface area (Å²) < 4.78 is 15.0. The number of thiazole rings is 1. The van der Waals surface area contributed by atoms with Crippen LogP contribution in [0.2, 0.25) is 0 Å². The van der Waals surface area contributed by atoms with Crippen LogP contribution in [0, 0.1) is 5.82 Å². The Morgan fingerprint density at radius 2 is 1.79 bits per heavy atom. The molecule has 0 saturated carbocycles. The van der Waals surface area contributed by atoms with E-state index in [9.17, 15) is 14.0 Å². The fourth-order valence-corrected chi connectivity index (χ4v) is 4.72. The minimum atomic E-state index is -0.499. The number of para-hydroxylation sites is 2. The van der Waals surface area contributed by atoms with Crippen LogP contribution in [0.25, 0.3) is 10.2 Å². The molecule has 7 nitrogen and oxygen atoms in total. The molecule has 2 aromatic carbocycles. The van der Waals surface area contributed by atoms with Gasteiger partial charge in [-0.1, -0.05) is 47.4 Å². The van der Waals surface area contributed by atoms with E-state index in [0.29, 0.717) is 14.5 Å². The van der Waals surface area contributed by atoms with Crippen LogP contribution in [0.3, 0.4) is 0 Å². The van der Waals surface area contributed by atoms with Crippen molar-refractivity contribution in [2.45, 2.75) is 4.34 Å². The number of hydrogen-bond donors (Lipinski definition) is 2. The molecule has 4 aromatic rings. The van der Waals surface area contributed by atoms with Crippen LogP contribution in [0.5, 0.6) is 0 Å². The summed E-state index contributed by atoms with van der Waals surface area (Å²) in [6.45, 7) is 0. The third-order valence-corrected chi connectivity index (χ3v) is 6.60. The number of carbonyl (C=O) groups is 2. The highest BCUT2D eigenvalue weighted by molar-refractivity contribution is 8.01. The zero-order chi connectivity index (χ0) is 20.2. The lowest BCUT2D eigenvalue weighted by atomic mass is 10.3. The molecule has 11 heteroatoms. The molecule has 0 aliphatic rings. The van der Waals surface area contributed by atoms with Crippen LogP contribution in [-0.2, 0) is 4.79 Å². The number of amides is 2. The van der Waals surface area contributed by atoms with Gasteiger partial charge in [0.05, 0.1) is 21.7 Å². The van der Waals surface area contributed by atoms with E-state index in [-0.39, 0.29) is 23.3 Å². The van der Waals surface area contributed by atoms with E-state index < -0.39 is 5.82 Å². The highest BCUT2D eigenvalue weighted by atomic mass is 32.2. The summed E-state index contributed by atoms with van der Waals surface area (Å²) in [5.41, 5.74) is 0.885. The van der Waals surface area contributed by atoms with Crippen LogP contribution in [0.15, 0.2) is 52.9 Å². The van der Waals surface area contributed by atoms with Crippen LogP contribution < -0.4 is 10.6 Å². The average Bonchev–Trinajstić information content (AvgIpc) is 3.35. The Morgan fingerprint density at radius 1 is 1.00 bits per heavy atom. The Labute approximate surface area is 176 Å². The number of nitrogens with zero attached hydrogens (tertiary/aromatic N) is 3. The molecule has 0 aliphatic carbocycles. The second-order valence-electron chi connectivity index (χ2n) is 5.63. The summed E-state index contributed by atoms with van der Waals surface area (Å²) in [5, 5.41) is 13.7. The number of carbonyl (C=O) groups excluding carboxylic acids is 2. The summed E-state index contributed by atoms with van der Waals surface area (Å²) in [6.07, 6.45) is 0. The Morgan fingerprint density at radius 3 is 2.62 bits per heavy atom. The molecule has 29 heavy (non-hydrogen) atoms. The van der Waals surface area contributed by atoms with Gasteiger partial charge in [0, 0.05) is 0 Å². The minimum Gasteiger partial charge on any atom is -0.323 e. The van der Waals surface area contributed by atoms with Gasteiger partial charge < -0.3 is 5.32 Å². The molecule has 0 saturated heterocycles. The van der Waals surface area contributed by atoms with Crippen molar-refractivity contribution in [1.29, 1.82) is 0 Å². The van der Waals surface area contributed by atoms with Crippen molar-refractivity contribution in [2.75, 3.05) is 16.4 Å². The molecule has 2 amide bonds. The van der Waals surface area contributed by atoms with Gasteiger partial charge in [-0.05, 0) is 24.3 Å². The summed E-state index contributed by atoms with van der Waals surface area (Å²) in [7, 11) is 0. The summed E-state index contributed by atoms with van der Waals surface area (Å²) in [6, 6.07) is 13.4. The maximum absolute atomic E-state index is 13.6. The molecule has 0 fully saturated rings. The van der Waals surface area contributed by atoms with E-state index in [1.54, 1.807) is 12.1 Å². The van der Waals surface area contributed by atoms with Gasteiger partial charge >= 0.3 is 0 Å². The number of fused-ring (bicyclic) bond motifs is 1. The second-order valence-corrected chi connectivity index (χ2v) is 8.86. The number of thioether (sulfide) groups is 1. The van der Waals surface area contributed by atoms with Crippen molar-refractivity contribution in [3.8, 4) is 0 Å². The highest BCUT2D eigenvalue weighted by Crippen LogP contribution is 2.27. The van der Waals surface area contributed by atoms with Crippen molar-refractivity contribution in [3.05, 3.63) is 59.4 Å². The first-order valence-electron chi connectivity index (χ1n) is 8.26. The lowest BCUT2D eigenvalue weighted by Gasteiger charge is -2.04. The normalized spacial score (nSPS) is 10.8. The predicted octanol–water partition coefficient (Wildman–Crippen LogP) is 4.27. The lowest BCUT2D eigenvalue weighted by Crippen LogP contribution is -2.14. The third-order valence-electron chi connectivity index (χ3n) is 3.59. The maximum Gasteiger partial charge on any atom is 0.286 e. The highest BCUT2D eigenvalue weighted by Gasteiger charge is 2.15. The third kappa shape index (κ3) is 4.75. The van der Waals surface area contributed by atoms with Crippen molar-refractivity contribution < 1.29 is 14.0 Å². The van der Waals surface area contributed by atoms with E-state index in [1.165, 1.54) is 23.5 Å². The molecule has 146 valence electrons. The molecule has 2 N–H and O–H groups in total. The number of nitrogens with one attached hydrogen (secondary N) is 2. The van der Waals surface area contributed by atoms with Crippen molar-refractivity contribution >= 4 is 67.3 Å². The molecular weight excluding hydrogens is 433 g/mol. The van der Waals surface area contributed by atoms with Crippen LogP contribution in [0.4, 0.5) is 15.2 Å². The number of anilines is 2. The Bertz CT molecular complexity index is 1160. The number of benzene rings is 2. The molecule has 4 rings (SSSR count). The van der Waals surface area contributed by atoms with Gasteiger partial charge in [0.2, 0.25) is 11.0 Å². The van der Waals surface area contributed by atoms with Gasteiger partial charge in [-0.3, -0.25) is 14.9 Å². The molecule has 0 unspecified atom stereocenters. The largest absolute Gasteiger partial charge is 0.323 e. The molecule has 2 heterocycles. The topological polar surface area (TPSA) is 96.9 Å².